The van der Waals surface area contributed by atoms with Crippen molar-refractivity contribution in [2.45, 2.75) is 38.6 Å². The highest BCUT2D eigenvalue weighted by Crippen LogP contribution is 2.65. The minimum atomic E-state index is -2.33. The smallest absolute Gasteiger partial charge is 0.320 e. The summed E-state index contributed by atoms with van der Waals surface area (Å²) in [6, 6.07) is 7.23. The third kappa shape index (κ3) is 5.04. The monoisotopic (exact) mass is 383 g/mol. The third-order valence-electron chi connectivity index (χ3n) is 4.82. The van der Waals surface area contributed by atoms with Crippen LogP contribution < -0.4 is 15.4 Å². The Labute approximate surface area is 155 Å². The lowest BCUT2D eigenvalue weighted by Crippen LogP contribution is -2.31. The molecule has 1 aromatic rings. The lowest BCUT2D eigenvalue weighted by molar-refractivity contribution is -0.108. The molecule has 0 bridgehead atoms. The van der Waals surface area contributed by atoms with Gasteiger partial charge < -0.3 is 10.1 Å². The number of urea groups is 1. The summed E-state index contributed by atoms with van der Waals surface area (Å²) in [6.45, 7) is 4.20. The van der Waals surface area contributed by atoms with Crippen molar-refractivity contribution in [1.29, 1.82) is 0 Å². The summed E-state index contributed by atoms with van der Waals surface area (Å²) in [5, 5.41) is 4.05. The standard InChI is InChI=1S/C14H19NO3S.C3H6N2O2/c1-4-14(5-2)12(13(14)15-19(16)17)10-6-8-11(18-3)9-7-10;1-4-3(7)5-2-6/h6-9,12-13H,4-5H2,1-3H3;2H,1H3,(H2,4,5,6,7). The Hall–Kier alpha value is -2.42. The topological polar surface area (TPSA) is 114 Å². The predicted octanol–water partition coefficient (Wildman–Crippen LogP) is 2.10. The molecule has 9 heteroatoms. The highest BCUT2D eigenvalue weighted by molar-refractivity contribution is 7.61. The first kappa shape index (κ1) is 21.6. The number of nitrogens with zero attached hydrogens (tertiary/aromatic N) is 1. The molecule has 0 aromatic heterocycles. The maximum absolute atomic E-state index is 10.9. The molecule has 0 spiro atoms. The van der Waals surface area contributed by atoms with E-state index in [1.54, 1.807) is 7.11 Å². The van der Waals surface area contributed by atoms with E-state index in [2.05, 4.69) is 23.5 Å². The summed E-state index contributed by atoms with van der Waals surface area (Å²) in [4.78, 5) is 19.4. The van der Waals surface area contributed by atoms with Gasteiger partial charge in [0.2, 0.25) is 6.41 Å². The zero-order valence-electron chi connectivity index (χ0n) is 15.4. The van der Waals surface area contributed by atoms with Crippen molar-refractivity contribution in [3.8, 4) is 5.75 Å². The molecule has 0 radical (unpaired) electrons. The van der Waals surface area contributed by atoms with Crippen LogP contribution in [0.4, 0.5) is 4.79 Å². The second-order valence-electron chi connectivity index (χ2n) is 5.80. The molecule has 2 rings (SSSR count). The Bertz CT molecular complexity index is 734. The Balaban J connectivity index is 0.000000412. The minimum absolute atomic E-state index is 0.00530. The molecule has 2 N–H and O–H groups in total. The average Bonchev–Trinajstić information content (AvgIpc) is 3.28. The lowest BCUT2D eigenvalue weighted by atomic mass is 9.93. The number of rotatable bonds is 6. The van der Waals surface area contributed by atoms with Crippen molar-refractivity contribution >= 4 is 22.9 Å². The van der Waals surface area contributed by atoms with E-state index >= 15 is 0 Å². The second-order valence-corrected chi connectivity index (χ2v) is 6.44. The number of ether oxygens (including phenoxy) is 1. The number of methoxy groups -OCH3 is 1. The van der Waals surface area contributed by atoms with Crippen LogP contribution >= 0.6 is 0 Å². The van der Waals surface area contributed by atoms with Gasteiger partial charge in [-0.3, -0.25) is 10.1 Å². The van der Waals surface area contributed by atoms with E-state index in [9.17, 15) is 18.0 Å². The van der Waals surface area contributed by atoms with Crippen molar-refractivity contribution in [1.82, 2.24) is 10.6 Å². The van der Waals surface area contributed by atoms with Crippen molar-refractivity contribution in [2.75, 3.05) is 14.2 Å². The van der Waals surface area contributed by atoms with Crippen molar-refractivity contribution in [3.05, 3.63) is 29.8 Å². The van der Waals surface area contributed by atoms with E-state index in [1.807, 2.05) is 29.6 Å². The fourth-order valence-electron chi connectivity index (χ4n) is 3.29. The zero-order chi connectivity index (χ0) is 19.7. The number of carbonyl (C=O) groups excluding carboxylic acids is 2. The van der Waals surface area contributed by atoms with Gasteiger partial charge >= 0.3 is 16.5 Å². The molecule has 1 fully saturated rings. The van der Waals surface area contributed by atoms with Crippen LogP contribution in [0.2, 0.25) is 0 Å². The zero-order valence-corrected chi connectivity index (χ0v) is 16.2. The SMILES string of the molecule is CCC1(CC)C(N=S(=O)=O)C1c1ccc(OC)cc1.CNC(=O)NC=O. The van der Waals surface area contributed by atoms with Crippen LogP contribution in [-0.2, 0) is 15.3 Å². The van der Waals surface area contributed by atoms with Gasteiger partial charge in [-0.1, -0.05) is 26.0 Å². The Morgan fingerprint density at radius 2 is 1.85 bits per heavy atom. The van der Waals surface area contributed by atoms with E-state index < -0.39 is 16.5 Å². The molecular formula is C17H25N3O5S. The first-order valence-corrected chi connectivity index (χ1v) is 9.29. The number of imide groups is 1. The maximum atomic E-state index is 10.9. The van der Waals surface area contributed by atoms with Gasteiger partial charge in [0.1, 0.15) is 5.75 Å². The van der Waals surface area contributed by atoms with Crippen LogP contribution in [0.5, 0.6) is 5.75 Å². The number of amides is 3. The summed E-state index contributed by atoms with van der Waals surface area (Å²) in [7, 11) is 0.728. The molecule has 1 aromatic carbocycles. The largest absolute Gasteiger partial charge is 0.497 e. The highest BCUT2D eigenvalue weighted by Gasteiger charge is 2.63. The first-order valence-electron chi connectivity index (χ1n) is 8.26. The van der Waals surface area contributed by atoms with Gasteiger partial charge in [-0.05, 0) is 30.5 Å². The Morgan fingerprint density at radius 3 is 2.19 bits per heavy atom. The summed E-state index contributed by atoms with van der Waals surface area (Å²) >= 11 is 0. The van der Waals surface area contributed by atoms with E-state index in [0.717, 1.165) is 24.2 Å². The molecule has 2 unspecified atom stereocenters. The third-order valence-corrected chi connectivity index (χ3v) is 5.22. The van der Waals surface area contributed by atoms with E-state index in [-0.39, 0.29) is 17.4 Å². The summed E-state index contributed by atoms with van der Waals surface area (Å²) in [5.74, 6) is 1.01. The maximum Gasteiger partial charge on any atom is 0.320 e. The van der Waals surface area contributed by atoms with Gasteiger partial charge in [0, 0.05) is 18.4 Å². The molecule has 144 valence electrons. The summed E-state index contributed by atoms with van der Waals surface area (Å²) in [6.07, 6.45) is 2.19. The van der Waals surface area contributed by atoms with Crippen molar-refractivity contribution in [2.24, 2.45) is 9.78 Å². The molecule has 26 heavy (non-hydrogen) atoms. The normalized spacial score (nSPS) is 19.2. The number of hydrogen-bond donors (Lipinski definition) is 2. The first-order chi connectivity index (χ1) is 12.4. The number of benzene rings is 1. The number of hydrogen-bond acceptors (Lipinski definition) is 6. The summed E-state index contributed by atoms with van der Waals surface area (Å²) in [5.41, 5.74) is 1.14. The van der Waals surface area contributed by atoms with Gasteiger partial charge in [-0.15, -0.1) is 0 Å². The van der Waals surface area contributed by atoms with Crippen LogP contribution in [0.3, 0.4) is 0 Å². The van der Waals surface area contributed by atoms with E-state index in [1.165, 1.54) is 7.05 Å². The van der Waals surface area contributed by atoms with Crippen LogP contribution in [0.1, 0.15) is 38.2 Å². The Kier molecular flexibility index (Phi) is 8.24. The fourth-order valence-corrected chi connectivity index (χ4v) is 3.80. The molecule has 8 nitrogen and oxygen atoms in total. The summed E-state index contributed by atoms with van der Waals surface area (Å²) < 4.78 is 30.7. The quantitative estimate of drug-likeness (QED) is 0.730. The molecule has 1 aliphatic carbocycles. The molecule has 0 saturated heterocycles. The van der Waals surface area contributed by atoms with E-state index in [0.29, 0.717) is 6.41 Å². The second kappa shape index (κ2) is 9.91. The molecule has 1 saturated carbocycles. The van der Waals surface area contributed by atoms with Crippen LogP contribution in [0.25, 0.3) is 0 Å². The Morgan fingerprint density at radius 1 is 1.27 bits per heavy atom. The fraction of sp³-hybridized carbons (Fsp3) is 0.529. The average molecular weight is 383 g/mol. The minimum Gasteiger partial charge on any atom is -0.497 e. The van der Waals surface area contributed by atoms with Crippen LogP contribution in [0.15, 0.2) is 28.6 Å². The lowest BCUT2D eigenvalue weighted by Gasteiger charge is -2.11. The molecule has 1 aliphatic rings. The highest BCUT2D eigenvalue weighted by atomic mass is 32.2. The predicted molar refractivity (Wildman–Crippen MR) is 97.5 cm³/mol. The van der Waals surface area contributed by atoms with Gasteiger partial charge in [0.25, 0.3) is 0 Å². The van der Waals surface area contributed by atoms with Gasteiger partial charge in [0.05, 0.1) is 13.2 Å². The van der Waals surface area contributed by atoms with E-state index in [4.69, 9.17) is 4.74 Å². The molecule has 0 aliphatic heterocycles. The van der Waals surface area contributed by atoms with Gasteiger partial charge in [0.15, 0.2) is 0 Å². The number of nitrogens with one attached hydrogen (secondary N) is 2. The van der Waals surface area contributed by atoms with Crippen LogP contribution in [0, 0.1) is 5.41 Å². The molecule has 3 amide bonds. The molecular weight excluding hydrogens is 358 g/mol. The molecule has 0 heterocycles. The molecule has 2 atom stereocenters. The van der Waals surface area contributed by atoms with Crippen molar-refractivity contribution in [3.63, 3.8) is 0 Å². The van der Waals surface area contributed by atoms with Gasteiger partial charge in [-0.2, -0.15) is 12.8 Å². The van der Waals surface area contributed by atoms with Crippen LogP contribution in [-0.4, -0.2) is 41.1 Å². The number of carbonyl (C=O) groups is 2. The van der Waals surface area contributed by atoms with Crippen molar-refractivity contribution < 1.29 is 22.7 Å². The van der Waals surface area contributed by atoms with Gasteiger partial charge in [-0.25, -0.2) is 4.79 Å².